The number of aryl methyl sites for hydroxylation is 1. The van der Waals surface area contributed by atoms with Crippen molar-refractivity contribution in [2.75, 3.05) is 6.54 Å². The lowest BCUT2D eigenvalue weighted by Gasteiger charge is -2.12. The van der Waals surface area contributed by atoms with Crippen molar-refractivity contribution in [1.29, 1.82) is 0 Å². The first-order valence-corrected chi connectivity index (χ1v) is 8.15. The van der Waals surface area contributed by atoms with Gasteiger partial charge in [0.2, 0.25) is 5.91 Å². The molecule has 0 bridgehead atoms. The number of nitrogens with one attached hydrogen (secondary N) is 1. The molecule has 3 aromatic rings. The lowest BCUT2D eigenvalue weighted by molar-refractivity contribution is -0.120. The quantitative estimate of drug-likeness (QED) is 0.748. The molecule has 124 valence electrons. The Morgan fingerprint density at radius 2 is 1.92 bits per heavy atom. The number of nitrogens with zero attached hydrogens (tertiary/aromatic N) is 1. The average molecular weight is 343 g/mol. The summed E-state index contributed by atoms with van der Waals surface area (Å²) in [7, 11) is 1.97. The highest BCUT2D eigenvalue weighted by atomic mass is 35.5. The molecular formula is C19H19ClN2O2. The molecule has 3 rings (SSSR count). The molecule has 5 heteroatoms. The number of rotatable bonds is 5. The lowest BCUT2D eigenvalue weighted by Crippen LogP contribution is -2.29. The van der Waals surface area contributed by atoms with Gasteiger partial charge in [0.05, 0.1) is 12.5 Å². The highest BCUT2D eigenvalue weighted by Gasteiger charge is 2.12. The Kier molecular flexibility index (Phi) is 4.88. The second kappa shape index (κ2) is 7.07. The minimum Gasteiger partial charge on any atom is -0.387 e. The van der Waals surface area contributed by atoms with Gasteiger partial charge in [-0.2, -0.15) is 0 Å². The van der Waals surface area contributed by atoms with Crippen LogP contribution in [0, 0.1) is 0 Å². The van der Waals surface area contributed by atoms with Crippen molar-refractivity contribution in [3.8, 4) is 0 Å². The van der Waals surface area contributed by atoms with E-state index < -0.39 is 6.10 Å². The summed E-state index contributed by atoms with van der Waals surface area (Å²) in [6.45, 7) is 0.172. The van der Waals surface area contributed by atoms with Gasteiger partial charge < -0.3 is 15.0 Å². The first-order chi connectivity index (χ1) is 11.5. The van der Waals surface area contributed by atoms with Gasteiger partial charge >= 0.3 is 0 Å². The molecule has 1 amide bonds. The van der Waals surface area contributed by atoms with E-state index in [0.29, 0.717) is 5.02 Å². The predicted octanol–water partition coefficient (Wildman–Crippen LogP) is 3.22. The Balaban J connectivity index is 1.62. The topological polar surface area (TPSA) is 54.3 Å². The van der Waals surface area contributed by atoms with Crippen LogP contribution in [0.2, 0.25) is 5.02 Å². The fourth-order valence-electron chi connectivity index (χ4n) is 2.82. The Labute approximate surface area is 145 Å². The zero-order valence-corrected chi connectivity index (χ0v) is 14.1. The molecule has 2 aromatic carbocycles. The SMILES string of the molecule is Cn1cc(CC(=O)NCC(O)c2ccc(Cl)cc2)c2ccccc21. The van der Waals surface area contributed by atoms with Crippen LogP contribution in [-0.2, 0) is 18.3 Å². The number of aliphatic hydroxyl groups excluding tert-OH is 1. The largest absolute Gasteiger partial charge is 0.387 e. The number of carbonyl (C=O) groups excluding carboxylic acids is 1. The molecule has 0 aliphatic carbocycles. The van der Waals surface area contributed by atoms with Crippen molar-refractivity contribution in [3.63, 3.8) is 0 Å². The van der Waals surface area contributed by atoms with Gasteiger partial charge in [-0.15, -0.1) is 0 Å². The number of fused-ring (bicyclic) bond motifs is 1. The van der Waals surface area contributed by atoms with Crippen LogP contribution in [0.25, 0.3) is 10.9 Å². The van der Waals surface area contributed by atoms with E-state index in [9.17, 15) is 9.90 Å². The van der Waals surface area contributed by atoms with Crippen molar-refractivity contribution in [2.24, 2.45) is 7.05 Å². The molecule has 0 fully saturated rings. The highest BCUT2D eigenvalue weighted by molar-refractivity contribution is 6.30. The van der Waals surface area contributed by atoms with Gasteiger partial charge in [0.1, 0.15) is 0 Å². The molecule has 2 N–H and O–H groups in total. The third-order valence-electron chi connectivity index (χ3n) is 4.08. The smallest absolute Gasteiger partial charge is 0.224 e. The zero-order valence-electron chi connectivity index (χ0n) is 13.4. The van der Waals surface area contributed by atoms with Gasteiger partial charge in [-0.25, -0.2) is 0 Å². The van der Waals surface area contributed by atoms with Crippen LogP contribution in [0.3, 0.4) is 0 Å². The van der Waals surface area contributed by atoms with Crippen LogP contribution in [0.15, 0.2) is 54.7 Å². The second-order valence-corrected chi connectivity index (χ2v) is 6.27. The van der Waals surface area contributed by atoms with Crippen LogP contribution >= 0.6 is 11.6 Å². The minimum atomic E-state index is -0.751. The van der Waals surface area contributed by atoms with E-state index in [-0.39, 0.29) is 18.9 Å². The van der Waals surface area contributed by atoms with Crippen molar-refractivity contribution < 1.29 is 9.90 Å². The lowest BCUT2D eigenvalue weighted by atomic mass is 10.1. The van der Waals surface area contributed by atoms with E-state index in [1.807, 2.05) is 42.1 Å². The van der Waals surface area contributed by atoms with Gasteiger partial charge in [-0.3, -0.25) is 4.79 Å². The molecule has 24 heavy (non-hydrogen) atoms. The first kappa shape index (κ1) is 16.6. The van der Waals surface area contributed by atoms with Crippen molar-refractivity contribution in [1.82, 2.24) is 9.88 Å². The zero-order chi connectivity index (χ0) is 17.1. The first-order valence-electron chi connectivity index (χ1n) is 7.78. The summed E-state index contributed by atoms with van der Waals surface area (Å²) in [5.74, 6) is -0.112. The van der Waals surface area contributed by atoms with E-state index in [0.717, 1.165) is 22.0 Å². The fourth-order valence-corrected chi connectivity index (χ4v) is 2.94. The summed E-state index contributed by atoms with van der Waals surface area (Å²) in [5, 5.41) is 14.6. The molecule has 1 atom stereocenters. The monoisotopic (exact) mass is 342 g/mol. The summed E-state index contributed by atoms with van der Waals surface area (Å²) < 4.78 is 2.01. The van der Waals surface area contributed by atoms with Crippen LogP contribution in [-0.4, -0.2) is 22.1 Å². The number of para-hydroxylation sites is 1. The number of carbonyl (C=O) groups is 1. The number of hydrogen-bond acceptors (Lipinski definition) is 2. The summed E-state index contributed by atoms with van der Waals surface area (Å²) in [6, 6.07) is 14.9. The average Bonchev–Trinajstić information content (AvgIpc) is 2.90. The molecule has 1 unspecified atom stereocenters. The number of hydrogen-bond donors (Lipinski definition) is 2. The summed E-state index contributed by atoms with van der Waals surface area (Å²) in [5.41, 5.74) is 2.80. The predicted molar refractivity (Wildman–Crippen MR) is 96.0 cm³/mol. The maximum Gasteiger partial charge on any atom is 0.224 e. The number of aliphatic hydroxyl groups is 1. The summed E-state index contributed by atoms with van der Waals surface area (Å²) in [6.07, 6.45) is 1.51. The van der Waals surface area contributed by atoms with Gasteiger partial charge in [0.25, 0.3) is 0 Å². The van der Waals surface area contributed by atoms with Gasteiger partial charge in [0.15, 0.2) is 0 Å². The number of benzene rings is 2. The standard InChI is InChI=1S/C19H19ClN2O2/c1-22-12-14(16-4-2-3-5-17(16)22)10-19(24)21-11-18(23)13-6-8-15(20)9-7-13/h2-9,12,18,23H,10-11H2,1H3,(H,21,24). The van der Waals surface area contributed by atoms with E-state index in [1.165, 1.54) is 0 Å². The number of halogens is 1. The van der Waals surface area contributed by atoms with Gasteiger partial charge in [0, 0.05) is 35.7 Å². The molecule has 0 aliphatic heterocycles. The van der Waals surface area contributed by atoms with Crippen molar-refractivity contribution in [2.45, 2.75) is 12.5 Å². The van der Waals surface area contributed by atoms with E-state index in [2.05, 4.69) is 5.32 Å². The van der Waals surface area contributed by atoms with E-state index in [4.69, 9.17) is 11.6 Å². The molecule has 0 saturated heterocycles. The van der Waals surface area contributed by atoms with E-state index >= 15 is 0 Å². The number of amides is 1. The minimum absolute atomic E-state index is 0.112. The Bertz CT molecular complexity index is 855. The molecule has 0 saturated carbocycles. The summed E-state index contributed by atoms with van der Waals surface area (Å²) in [4.78, 5) is 12.2. The highest BCUT2D eigenvalue weighted by Crippen LogP contribution is 2.21. The van der Waals surface area contributed by atoms with E-state index in [1.54, 1.807) is 24.3 Å². The van der Waals surface area contributed by atoms with Gasteiger partial charge in [-0.05, 0) is 29.3 Å². The molecule has 1 aromatic heterocycles. The van der Waals surface area contributed by atoms with Crippen LogP contribution in [0.4, 0.5) is 0 Å². The Morgan fingerprint density at radius 1 is 1.21 bits per heavy atom. The normalized spacial score (nSPS) is 12.3. The Hall–Kier alpha value is -2.30. The Morgan fingerprint density at radius 3 is 2.67 bits per heavy atom. The maximum absolute atomic E-state index is 12.2. The van der Waals surface area contributed by atoms with Crippen LogP contribution < -0.4 is 5.32 Å². The second-order valence-electron chi connectivity index (χ2n) is 5.83. The van der Waals surface area contributed by atoms with Crippen LogP contribution in [0.5, 0.6) is 0 Å². The van der Waals surface area contributed by atoms with Crippen molar-refractivity contribution >= 4 is 28.4 Å². The third kappa shape index (κ3) is 3.61. The summed E-state index contributed by atoms with van der Waals surface area (Å²) >= 11 is 5.83. The number of aromatic nitrogens is 1. The van der Waals surface area contributed by atoms with Crippen molar-refractivity contribution in [3.05, 3.63) is 70.9 Å². The molecule has 0 radical (unpaired) electrons. The molecule has 1 heterocycles. The molecular weight excluding hydrogens is 324 g/mol. The van der Waals surface area contributed by atoms with Crippen LogP contribution in [0.1, 0.15) is 17.2 Å². The fraction of sp³-hybridized carbons (Fsp3) is 0.211. The molecule has 4 nitrogen and oxygen atoms in total. The maximum atomic E-state index is 12.2. The van der Waals surface area contributed by atoms with Gasteiger partial charge in [-0.1, -0.05) is 41.9 Å². The molecule has 0 spiro atoms. The third-order valence-corrected chi connectivity index (χ3v) is 4.33. The molecule has 0 aliphatic rings.